The van der Waals surface area contributed by atoms with E-state index in [1.807, 2.05) is 13.8 Å². The fourth-order valence-corrected chi connectivity index (χ4v) is 2.61. The maximum Gasteiger partial charge on any atom is 0.542 e. The van der Waals surface area contributed by atoms with Crippen LogP contribution in [0.4, 0.5) is 0 Å². The van der Waals surface area contributed by atoms with Crippen LogP contribution in [0.15, 0.2) is 38.0 Å². The number of aromatic nitrogens is 1. The van der Waals surface area contributed by atoms with Gasteiger partial charge >= 0.3 is 5.82 Å². The molecule has 0 spiro atoms. The first-order valence-electron chi connectivity index (χ1n) is 6.91. The van der Waals surface area contributed by atoms with Crippen LogP contribution in [0.2, 0.25) is 0 Å². The van der Waals surface area contributed by atoms with E-state index in [4.69, 9.17) is 4.42 Å². The summed E-state index contributed by atoms with van der Waals surface area (Å²) < 4.78 is 9.15. The van der Waals surface area contributed by atoms with Gasteiger partial charge in [-0.25, -0.2) is 4.79 Å². The van der Waals surface area contributed by atoms with Crippen LogP contribution in [0.5, 0.6) is 0 Å². The monoisotopic (exact) mass is 302 g/mol. The zero-order valence-electron chi connectivity index (χ0n) is 12.1. The molecule has 2 amide bonds. The number of benzene rings is 1. The number of carbonyl (C=O) groups excluding carboxylic acids is 2. The van der Waals surface area contributed by atoms with Crippen LogP contribution in [0.25, 0.3) is 0 Å². The molecule has 3 rings (SSSR count). The molecular weight excluding hydrogens is 288 g/mol. The van der Waals surface area contributed by atoms with E-state index in [9.17, 15) is 14.4 Å². The summed E-state index contributed by atoms with van der Waals surface area (Å²) in [4.78, 5) is 37.2. The largest absolute Gasteiger partial charge is 0.542 e. The highest BCUT2D eigenvalue weighted by molar-refractivity contribution is 6.21. The summed E-state index contributed by atoms with van der Waals surface area (Å²) in [7, 11) is 0. The van der Waals surface area contributed by atoms with Crippen LogP contribution in [-0.4, -0.2) is 27.9 Å². The lowest BCUT2D eigenvalue weighted by molar-refractivity contribution is 0.0534. The van der Waals surface area contributed by atoms with Crippen LogP contribution < -0.4 is 5.82 Å². The van der Waals surface area contributed by atoms with E-state index in [0.717, 1.165) is 0 Å². The van der Waals surface area contributed by atoms with E-state index >= 15 is 0 Å². The van der Waals surface area contributed by atoms with E-state index in [2.05, 4.69) is 9.68 Å². The van der Waals surface area contributed by atoms with Crippen molar-refractivity contribution in [2.24, 2.45) is 5.92 Å². The molecule has 7 heteroatoms. The molecule has 1 aromatic carbocycles. The lowest BCUT2D eigenvalue weighted by atomic mass is 9.99. The van der Waals surface area contributed by atoms with Gasteiger partial charge in [-0.2, -0.15) is 0 Å². The number of carbonyl (C=O) groups is 2. The van der Waals surface area contributed by atoms with Crippen molar-refractivity contribution in [3.63, 3.8) is 0 Å². The molecule has 1 aromatic heterocycles. The summed E-state index contributed by atoms with van der Waals surface area (Å²) in [5.41, 5.74) is 0.777. The zero-order valence-corrected chi connectivity index (χ0v) is 12.1. The Hall–Kier alpha value is -2.70. The summed E-state index contributed by atoms with van der Waals surface area (Å²) in [6.45, 7) is 3.76. The van der Waals surface area contributed by atoms with Crippen molar-refractivity contribution in [2.75, 3.05) is 0 Å². The Labute approximate surface area is 125 Å². The molecule has 0 bridgehead atoms. The van der Waals surface area contributed by atoms with Crippen LogP contribution in [0, 0.1) is 5.92 Å². The molecule has 0 N–H and O–H groups in total. The van der Waals surface area contributed by atoms with Crippen molar-refractivity contribution in [1.29, 1.82) is 0 Å². The number of amides is 2. The smallest absolute Gasteiger partial charge is 0.375 e. The Morgan fingerprint density at radius 3 is 2.14 bits per heavy atom. The third-order valence-corrected chi connectivity index (χ3v) is 3.73. The molecule has 22 heavy (non-hydrogen) atoms. The molecular formula is C15H14N2O5. The van der Waals surface area contributed by atoms with Crippen LogP contribution in [0.1, 0.15) is 40.5 Å². The van der Waals surface area contributed by atoms with E-state index in [1.54, 1.807) is 24.3 Å². The van der Waals surface area contributed by atoms with E-state index in [1.165, 1.54) is 4.90 Å². The summed E-state index contributed by atoms with van der Waals surface area (Å²) in [5, 5.41) is 3.51. The number of imide groups is 1. The predicted molar refractivity (Wildman–Crippen MR) is 74.3 cm³/mol. The molecule has 114 valence electrons. The van der Waals surface area contributed by atoms with Crippen LogP contribution in [-0.2, 0) is 6.42 Å². The molecule has 0 aliphatic carbocycles. The second-order valence-corrected chi connectivity index (χ2v) is 5.47. The van der Waals surface area contributed by atoms with Crippen molar-refractivity contribution >= 4 is 11.8 Å². The Kier molecular flexibility index (Phi) is 3.40. The van der Waals surface area contributed by atoms with Crippen molar-refractivity contribution in [1.82, 2.24) is 10.1 Å². The van der Waals surface area contributed by atoms with Gasteiger partial charge in [0.05, 0.1) is 17.2 Å². The summed E-state index contributed by atoms with van der Waals surface area (Å²) in [6.07, 6.45) is 0.134. The SMILES string of the molecule is CC(C)[C@@H](Cc1noc(=O)o1)N1C(=O)c2ccccc2C1=O. The topological polar surface area (TPSA) is 93.6 Å². The van der Waals surface area contributed by atoms with Gasteiger partial charge in [-0.3, -0.25) is 19.0 Å². The molecule has 7 nitrogen and oxygen atoms in total. The van der Waals surface area contributed by atoms with Crippen LogP contribution in [0.3, 0.4) is 0 Å². The predicted octanol–water partition coefficient (Wildman–Crippen LogP) is 1.49. The third kappa shape index (κ3) is 2.24. The highest BCUT2D eigenvalue weighted by atomic mass is 16.6. The molecule has 0 fully saturated rings. The third-order valence-electron chi connectivity index (χ3n) is 3.73. The highest BCUT2D eigenvalue weighted by Crippen LogP contribution is 2.28. The second-order valence-electron chi connectivity index (χ2n) is 5.47. The number of fused-ring (bicyclic) bond motifs is 1. The molecule has 0 saturated carbocycles. The number of hydrogen-bond acceptors (Lipinski definition) is 6. The van der Waals surface area contributed by atoms with Gasteiger partial charge in [0.15, 0.2) is 0 Å². The fourth-order valence-electron chi connectivity index (χ4n) is 2.61. The van der Waals surface area contributed by atoms with Gasteiger partial charge in [0, 0.05) is 6.42 Å². The van der Waals surface area contributed by atoms with E-state index in [0.29, 0.717) is 11.1 Å². The molecule has 0 unspecified atom stereocenters. The van der Waals surface area contributed by atoms with Gasteiger partial charge < -0.3 is 4.42 Å². The highest BCUT2D eigenvalue weighted by Gasteiger charge is 2.41. The van der Waals surface area contributed by atoms with Crippen molar-refractivity contribution in [3.8, 4) is 0 Å². The van der Waals surface area contributed by atoms with Crippen LogP contribution >= 0.6 is 0 Å². The maximum absolute atomic E-state index is 12.5. The van der Waals surface area contributed by atoms with Crippen molar-refractivity contribution in [2.45, 2.75) is 26.3 Å². The van der Waals surface area contributed by atoms with Gasteiger partial charge in [0.25, 0.3) is 11.8 Å². The summed E-state index contributed by atoms with van der Waals surface area (Å²) in [5.74, 6) is -1.56. The molecule has 1 aliphatic rings. The minimum Gasteiger partial charge on any atom is -0.375 e. The molecule has 1 aliphatic heterocycles. The Balaban J connectivity index is 1.95. The minimum absolute atomic E-state index is 0.0378. The molecule has 0 radical (unpaired) electrons. The molecule has 2 heterocycles. The Morgan fingerprint density at radius 1 is 1.09 bits per heavy atom. The zero-order chi connectivity index (χ0) is 15.9. The van der Waals surface area contributed by atoms with Gasteiger partial charge in [-0.05, 0) is 23.2 Å². The summed E-state index contributed by atoms with van der Waals surface area (Å²) >= 11 is 0. The van der Waals surface area contributed by atoms with Crippen molar-refractivity contribution in [3.05, 3.63) is 51.9 Å². The molecule has 1 atom stereocenters. The fraction of sp³-hybridized carbons (Fsp3) is 0.333. The Morgan fingerprint density at radius 2 is 1.68 bits per heavy atom. The lowest BCUT2D eigenvalue weighted by Crippen LogP contribution is -2.44. The first kappa shape index (κ1) is 14.2. The molecule has 0 saturated heterocycles. The number of hydrogen-bond donors (Lipinski definition) is 0. The average molecular weight is 302 g/mol. The Bertz CT molecular complexity index is 754. The molecule has 2 aromatic rings. The first-order valence-corrected chi connectivity index (χ1v) is 6.91. The minimum atomic E-state index is -0.903. The first-order chi connectivity index (χ1) is 10.5. The van der Waals surface area contributed by atoms with Gasteiger partial charge in [0.1, 0.15) is 0 Å². The van der Waals surface area contributed by atoms with Gasteiger partial charge in [-0.1, -0.05) is 26.0 Å². The number of nitrogens with zero attached hydrogens (tertiary/aromatic N) is 2. The number of rotatable bonds is 4. The lowest BCUT2D eigenvalue weighted by Gasteiger charge is -2.28. The maximum atomic E-state index is 12.5. The normalized spacial score (nSPS) is 15.5. The standard InChI is InChI=1S/C15H14N2O5/c1-8(2)11(7-12-16-22-15(20)21-12)17-13(18)9-5-3-4-6-10(9)14(17)19/h3-6,8,11H,7H2,1-2H3/t11-/m1/s1. The summed E-state index contributed by atoms with van der Waals surface area (Å²) in [6, 6.07) is 6.22. The van der Waals surface area contributed by atoms with Crippen molar-refractivity contribution < 1.29 is 18.5 Å². The second kappa shape index (κ2) is 5.25. The van der Waals surface area contributed by atoms with E-state index < -0.39 is 11.9 Å². The van der Waals surface area contributed by atoms with Gasteiger partial charge in [-0.15, -0.1) is 0 Å². The van der Waals surface area contributed by atoms with Gasteiger partial charge in [0.2, 0.25) is 5.89 Å². The van der Waals surface area contributed by atoms with E-state index in [-0.39, 0.29) is 30.0 Å². The quantitative estimate of drug-likeness (QED) is 0.794. The average Bonchev–Trinajstić information content (AvgIpc) is 3.00.